The number of hydrogen-bond donors (Lipinski definition) is 0. The van der Waals surface area contributed by atoms with Crippen molar-refractivity contribution in [3.8, 4) is 0 Å². The fraction of sp³-hybridized carbons (Fsp3) is 0.0625. The van der Waals surface area contributed by atoms with Crippen molar-refractivity contribution >= 4 is 23.0 Å². The summed E-state index contributed by atoms with van der Waals surface area (Å²) >= 11 is 5.79. The Morgan fingerprint density at radius 3 is 2.76 bits per heavy atom. The predicted molar refractivity (Wildman–Crippen MR) is 88.0 cm³/mol. The Morgan fingerprint density at radius 1 is 1.33 bits per heavy atom. The maximum atomic E-state index is 5.79. The molecule has 0 fully saturated rings. The first-order valence-electron chi connectivity index (χ1n) is 6.29. The highest BCUT2D eigenvalue weighted by molar-refractivity contribution is 6.27. The maximum Gasteiger partial charge on any atom is 0.159 e. The van der Waals surface area contributed by atoms with Crippen LogP contribution in [-0.4, -0.2) is 20.5 Å². The van der Waals surface area contributed by atoms with Crippen LogP contribution in [0.2, 0.25) is 0 Å². The molecule has 0 amide bonds. The van der Waals surface area contributed by atoms with E-state index in [0.717, 1.165) is 28.4 Å². The molecule has 1 aromatic rings. The highest BCUT2D eigenvalue weighted by Gasteiger charge is 2.19. The molecule has 0 spiro atoms. The van der Waals surface area contributed by atoms with Crippen molar-refractivity contribution in [2.75, 3.05) is 0 Å². The lowest BCUT2D eigenvalue weighted by Gasteiger charge is -2.11. The molecule has 0 saturated heterocycles. The summed E-state index contributed by atoms with van der Waals surface area (Å²) in [6.07, 6.45) is 10.4. The number of halogens is 1. The van der Waals surface area contributed by atoms with Crippen molar-refractivity contribution in [2.24, 2.45) is 4.99 Å². The summed E-state index contributed by atoms with van der Waals surface area (Å²) in [5.41, 5.74) is 4.71. The van der Waals surface area contributed by atoms with Crippen molar-refractivity contribution in [1.29, 1.82) is 0 Å². The van der Waals surface area contributed by atoms with Gasteiger partial charge in [0.25, 0.3) is 0 Å². The van der Waals surface area contributed by atoms with Crippen molar-refractivity contribution < 1.29 is 0 Å². The van der Waals surface area contributed by atoms with Gasteiger partial charge in [0.2, 0.25) is 0 Å². The van der Waals surface area contributed by atoms with E-state index in [0.29, 0.717) is 6.54 Å². The Kier molecular flexibility index (Phi) is 4.85. The van der Waals surface area contributed by atoms with Crippen molar-refractivity contribution in [3.63, 3.8) is 0 Å². The largest absolute Gasteiger partial charge is 0.283 e. The first-order chi connectivity index (χ1) is 10.3. The van der Waals surface area contributed by atoms with E-state index in [9.17, 15) is 0 Å². The zero-order valence-electron chi connectivity index (χ0n) is 11.5. The van der Waals surface area contributed by atoms with Gasteiger partial charge >= 0.3 is 0 Å². The Bertz CT molecular complexity index is 702. The molecule has 0 aromatic carbocycles. The Hall–Kier alpha value is -2.46. The third kappa shape index (κ3) is 2.85. The van der Waals surface area contributed by atoms with Gasteiger partial charge in [-0.25, -0.2) is 0 Å². The maximum absolute atomic E-state index is 5.79. The lowest BCUT2D eigenvalue weighted by atomic mass is 9.99. The first-order valence-corrected chi connectivity index (χ1v) is 6.73. The summed E-state index contributed by atoms with van der Waals surface area (Å²) in [4.78, 5) is 4.62. The monoisotopic (exact) mass is 298 g/mol. The van der Waals surface area contributed by atoms with Gasteiger partial charge < -0.3 is 0 Å². The van der Waals surface area contributed by atoms with Crippen LogP contribution < -0.4 is 0 Å². The molecule has 2 heterocycles. The van der Waals surface area contributed by atoms with E-state index in [1.165, 1.54) is 5.54 Å². The number of fused-ring (bicyclic) bond motifs is 1. The van der Waals surface area contributed by atoms with Crippen LogP contribution in [0.3, 0.4) is 0 Å². The second-order valence-corrected chi connectivity index (χ2v) is 4.39. The second kappa shape index (κ2) is 6.81. The molecule has 1 aliphatic heterocycles. The summed E-state index contributed by atoms with van der Waals surface area (Å²) in [5.74, 6) is 0.738. The van der Waals surface area contributed by atoms with Gasteiger partial charge in [-0.1, -0.05) is 49.6 Å². The Balaban J connectivity index is 2.74. The normalized spacial score (nSPS) is 15.5. The lowest BCUT2D eigenvalue weighted by Crippen LogP contribution is -2.07. The summed E-state index contributed by atoms with van der Waals surface area (Å²) < 4.78 is 1.85. The number of hydrogen-bond acceptors (Lipinski definition) is 3. The molecule has 106 valence electrons. The van der Waals surface area contributed by atoms with Gasteiger partial charge in [0, 0.05) is 11.1 Å². The van der Waals surface area contributed by atoms with Gasteiger partial charge in [-0.05, 0) is 17.7 Å². The fourth-order valence-electron chi connectivity index (χ4n) is 2.11. The van der Waals surface area contributed by atoms with Crippen LogP contribution in [0.5, 0.6) is 0 Å². The molecule has 1 aromatic heterocycles. The highest BCUT2D eigenvalue weighted by atomic mass is 35.5. The van der Waals surface area contributed by atoms with E-state index in [-0.39, 0.29) is 0 Å². The third-order valence-corrected chi connectivity index (χ3v) is 3.13. The molecular formula is C16H15ClN4. The quantitative estimate of drug-likeness (QED) is 0.778. The average molecular weight is 299 g/mol. The summed E-state index contributed by atoms with van der Waals surface area (Å²) in [5, 5.41) is 7.99. The molecule has 0 atom stereocenters. The molecule has 21 heavy (non-hydrogen) atoms. The fourth-order valence-corrected chi connectivity index (χ4v) is 2.23. The van der Waals surface area contributed by atoms with E-state index >= 15 is 0 Å². The van der Waals surface area contributed by atoms with Crippen molar-refractivity contribution in [1.82, 2.24) is 14.8 Å². The average Bonchev–Trinajstić information content (AvgIpc) is 2.90. The van der Waals surface area contributed by atoms with Gasteiger partial charge in [0.05, 0.1) is 11.4 Å². The van der Waals surface area contributed by atoms with Crippen molar-refractivity contribution in [2.45, 2.75) is 6.54 Å². The molecule has 4 nitrogen and oxygen atoms in total. The van der Waals surface area contributed by atoms with E-state index in [2.05, 4.69) is 34.9 Å². The number of aromatic nitrogens is 3. The van der Waals surface area contributed by atoms with Gasteiger partial charge in [-0.3, -0.25) is 9.56 Å². The number of allylic oxidation sites excluding steroid dienone is 8. The molecule has 0 bridgehead atoms. The molecule has 0 N–H and O–H groups in total. The van der Waals surface area contributed by atoms with Crippen LogP contribution in [0, 0.1) is 0 Å². The number of nitrogens with zero attached hydrogens (tertiary/aromatic N) is 4. The van der Waals surface area contributed by atoms with Crippen LogP contribution >= 0.6 is 11.6 Å². The van der Waals surface area contributed by atoms with Crippen LogP contribution in [0.4, 0.5) is 0 Å². The summed E-state index contributed by atoms with van der Waals surface area (Å²) in [7, 11) is 0. The molecule has 5 heteroatoms. The molecular weight excluding hydrogens is 284 g/mol. The number of rotatable bonds is 5. The third-order valence-electron chi connectivity index (χ3n) is 3.00. The van der Waals surface area contributed by atoms with E-state index < -0.39 is 0 Å². The minimum Gasteiger partial charge on any atom is -0.283 e. The summed E-state index contributed by atoms with van der Waals surface area (Å²) in [6.45, 7) is 11.8. The summed E-state index contributed by atoms with van der Waals surface area (Å²) in [6, 6.07) is 0. The van der Waals surface area contributed by atoms with Gasteiger partial charge in [-0.2, -0.15) is 0 Å². The van der Waals surface area contributed by atoms with Gasteiger partial charge in [-0.15, -0.1) is 10.2 Å². The second-order valence-electron chi connectivity index (χ2n) is 4.14. The van der Waals surface area contributed by atoms with Crippen molar-refractivity contribution in [3.05, 3.63) is 79.0 Å². The molecule has 0 aliphatic carbocycles. The minimum atomic E-state index is 0.411. The topological polar surface area (TPSA) is 43.1 Å². The van der Waals surface area contributed by atoms with E-state index in [1.807, 2.05) is 10.6 Å². The SMILES string of the molecule is C=C/C=C(\C=C)C1=NCc2nncn2C(C=C)=C1/C=C/Cl. The van der Waals surface area contributed by atoms with Gasteiger partial charge in [0.1, 0.15) is 12.9 Å². The minimum absolute atomic E-state index is 0.411. The van der Waals surface area contributed by atoms with Crippen LogP contribution in [0.15, 0.2) is 78.1 Å². The predicted octanol–water partition coefficient (Wildman–Crippen LogP) is 3.68. The lowest BCUT2D eigenvalue weighted by molar-refractivity contribution is 0.880. The van der Waals surface area contributed by atoms with Crippen LogP contribution in [-0.2, 0) is 6.54 Å². The van der Waals surface area contributed by atoms with Crippen LogP contribution in [0.1, 0.15) is 5.82 Å². The van der Waals surface area contributed by atoms with Gasteiger partial charge in [0.15, 0.2) is 5.82 Å². The van der Waals surface area contributed by atoms with E-state index in [4.69, 9.17) is 11.6 Å². The zero-order valence-corrected chi connectivity index (χ0v) is 12.3. The highest BCUT2D eigenvalue weighted by Crippen LogP contribution is 2.25. The smallest absolute Gasteiger partial charge is 0.159 e. The molecule has 0 unspecified atom stereocenters. The first kappa shape index (κ1) is 14.9. The molecule has 0 saturated carbocycles. The zero-order chi connectivity index (χ0) is 15.2. The number of aliphatic imine (C=N–C) groups is 1. The van der Waals surface area contributed by atoms with Crippen LogP contribution in [0.25, 0.3) is 5.70 Å². The molecule has 2 rings (SSSR count). The Morgan fingerprint density at radius 2 is 2.14 bits per heavy atom. The Labute approximate surface area is 128 Å². The molecule has 0 radical (unpaired) electrons. The molecule has 1 aliphatic rings. The standard InChI is InChI=1S/C16H15ClN4/c1-4-7-12(5-2)16-13(8-9-17)14(6-3)21-11-19-20-15(21)10-18-16/h4-9,11H,1-3,10H2/b9-8+,12-7+. The van der Waals surface area contributed by atoms with E-state index in [1.54, 1.807) is 30.6 Å².